The van der Waals surface area contributed by atoms with Gasteiger partial charge in [0.15, 0.2) is 5.89 Å². The smallest absolute Gasteiger partial charge is 0.195 e. The third kappa shape index (κ3) is 4.01. The van der Waals surface area contributed by atoms with E-state index in [4.69, 9.17) is 10.2 Å². The maximum atomic E-state index is 9.70. The fourth-order valence-electron chi connectivity index (χ4n) is 1.25. The topological polar surface area (TPSA) is 72.3 Å². The van der Waals surface area contributed by atoms with Crippen molar-refractivity contribution in [3.63, 3.8) is 0 Å². The molecule has 0 aliphatic heterocycles. The second kappa shape index (κ2) is 5.88. The van der Waals surface area contributed by atoms with Crippen LogP contribution in [0, 0.1) is 6.92 Å². The van der Waals surface area contributed by atoms with Gasteiger partial charge < -0.3 is 15.3 Å². The number of hydrogen-bond donors (Lipinski definition) is 2. The molecule has 1 rings (SSSR count). The highest BCUT2D eigenvalue weighted by atomic mass is 16.4. The Hall–Kier alpha value is -0.870. The summed E-state index contributed by atoms with van der Waals surface area (Å²) >= 11 is 0. The Morgan fingerprint density at radius 2 is 1.93 bits per heavy atom. The molecule has 0 aliphatic rings. The fraction of sp³-hybridized carbons (Fsp3) is 0.727. The molecule has 0 saturated heterocycles. The van der Waals surface area contributed by atoms with Gasteiger partial charge in [-0.25, -0.2) is 4.98 Å². The van der Waals surface area contributed by atoms with Gasteiger partial charge in [-0.1, -0.05) is 13.8 Å². The lowest BCUT2D eigenvalue weighted by atomic mass is 10.0. The van der Waals surface area contributed by atoms with Crippen molar-refractivity contribution in [1.82, 2.24) is 4.98 Å². The van der Waals surface area contributed by atoms with Crippen molar-refractivity contribution in [1.29, 1.82) is 0 Å². The van der Waals surface area contributed by atoms with Gasteiger partial charge in [0.2, 0.25) is 0 Å². The molecule has 0 atom stereocenters. The van der Waals surface area contributed by atoms with Crippen LogP contribution in [0.2, 0.25) is 0 Å². The fourth-order valence-corrected chi connectivity index (χ4v) is 1.25. The normalized spacial score (nSPS) is 10.9. The highest BCUT2D eigenvalue weighted by Crippen LogP contribution is 2.23. The van der Waals surface area contributed by atoms with Crippen LogP contribution in [0.5, 0.6) is 0 Å². The molecule has 0 aromatic carbocycles. The van der Waals surface area contributed by atoms with Crippen molar-refractivity contribution in [3.05, 3.63) is 17.3 Å². The lowest BCUT2D eigenvalue weighted by molar-refractivity contribution is 0.0728. The molecule has 0 unspecified atom stereocenters. The number of nitrogens with two attached hydrogens (primary N) is 1. The second-order valence-electron chi connectivity index (χ2n) is 3.61. The first-order chi connectivity index (χ1) is 6.95. The standard InChI is InChI=1S/C9H16N2O2.C2H6/c1-6-8(9(2,3)12)11-7(13-6)4-5-10;1-2/h12H,4-5,10H2,1-3H3;1-2H3. The number of aromatic nitrogens is 1. The zero-order valence-electron chi connectivity index (χ0n) is 10.3. The number of oxazole rings is 1. The zero-order valence-corrected chi connectivity index (χ0v) is 10.3. The van der Waals surface area contributed by atoms with Crippen LogP contribution < -0.4 is 5.73 Å². The van der Waals surface area contributed by atoms with Gasteiger partial charge in [-0.05, 0) is 20.8 Å². The van der Waals surface area contributed by atoms with Gasteiger partial charge in [-0.3, -0.25) is 0 Å². The molecule has 0 amide bonds. The summed E-state index contributed by atoms with van der Waals surface area (Å²) in [5.41, 5.74) is 5.02. The van der Waals surface area contributed by atoms with Crippen molar-refractivity contribution >= 4 is 0 Å². The van der Waals surface area contributed by atoms with Crippen LogP contribution in [0.3, 0.4) is 0 Å². The molecule has 1 aromatic heterocycles. The van der Waals surface area contributed by atoms with Crippen LogP contribution in [0.25, 0.3) is 0 Å². The minimum atomic E-state index is -0.944. The maximum absolute atomic E-state index is 9.70. The molecule has 0 bridgehead atoms. The van der Waals surface area contributed by atoms with E-state index in [9.17, 15) is 5.11 Å². The first kappa shape index (κ1) is 14.1. The summed E-state index contributed by atoms with van der Waals surface area (Å²) in [5, 5.41) is 9.70. The van der Waals surface area contributed by atoms with Gasteiger partial charge in [-0.15, -0.1) is 0 Å². The van der Waals surface area contributed by atoms with Crippen LogP contribution in [-0.2, 0) is 12.0 Å². The van der Waals surface area contributed by atoms with E-state index in [0.29, 0.717) is 30.3 Å². The highest BCUT2D eigenvalue weighted by molar-refractivity contribution is 5.15. The van der Waals surface area contributed by atoms with E-state index in [1.165, 1.54) is 0 Å². The predicted molar refractivity (Wildman–Crippen MR) is 60.6 cm³/mol. The van der Waals surface area contributed by atoms with Crippen molar-refractivity contribution in [2.45, 2.75) is 46.6 Å². The summed E-state index contributed by atoms with van der Waals surface area (Å²) in [4.78, 5) is 4.17. The number of nitrogens with zero attached hydrogens (tertiary/aromatic N) is 1. The van der Waals surface area contributed by atoms with Gasteiger partial charge in [0.25, 0.3) is 0 Å². The highest BCUT2D eigenvalue weighted by Gasteiger charge is 2.24. The Morgan fingerprint density at radius 3 is 2.27 bits per heavy atom. The first-order valence-electron chi connectivity index (χ1n) is 5.34. The molecule has 4 nitrogen and oxygen atoms in total. The molecule has 3 N–H and O–H groups in total. The number of hydrogen-bond acceptors (Lipinski definition) is 4. The van der Waals surface area contributed by atoms with Crippen LogP contribution >= 0.6 is 0 Å². The lowest BCUT2D eigenvalue weighted by Gasteiger charge is -2.13. The molecule has 0 saturated carbocycles. The van der Waals surface area contributed by atoms with Crippen LogP contribution in [0.15, 0.2) is 4.42 Å². The third-order valence-corrected chi connectivity index (χ3v) is 1.78. The molecule has 4 heteroatoms. The molecule has 88 valence electrons. The molecular weight excluding hydrogens is 192 g/mol. The Balaban J connectivity index is 0.000000921. The Labute approximate surface area is 91.5 Å². The van der Waals surface area contributed by atoms with E-state index in [2.05, 4.69) is 4.98 Å². The van der Waals surface area contributed by atoms with Gasteiger partial charge in [0.1, 0.15) is 17.1 Å². The number of aryl methyl sites for hydroxylation is 1. The average Bonchev–Trinajstić information content (AvgIpc) is 2.50. The molecule has 1 aromatic rings. The summed E-state index contributed by atoms with van der Waals surface area (Å²) in [6.07, 6.45) is 0.608. The summed E-state index contributed by atoms with van der Waals surface area (Å²) in [6, 6.07) is 0. The van der Waals surface area contributed by atoms with E-state index in [-0.39, 0.29) is 0 Å². The van der Waals surface area contributed by atoms with E-state index in [0.717, 1.165) is 0 Å². The molecule has 1 heterocycles. The van der Waals surface area contributed by atoms with Gasteiger partial charge in [-0.2, -0.15) is 0 Å². The van der Waals surface area contributed by atoms with E-state index in [1.54, 1.807) is 20.8 Å². The lowest BCUT2D eigenvalue weighted by Crippen LogP contribution is -2.17. The monoisotopic (exact) mass is 214 g/mol. The van der Waals surface area contributed by atoms with Crippen molar-refractivity contribution < 1.29 is 9.52 Å². The molecular formula is C11H22N2O2. The first-order valence-corrected chi connectivity index (χ1v) is 5.34. The molecule has 0 spiro atoms. The molecule has 0 aliphatic carbocycles. The largest absolute Gasteiger partial charge is 0.446 e. The van der Waals surface area contributed by atoms with Crippen molar-refractivity contribution in [3.8, 4) is 0 Å². The van der Waals surface area contributed by atoms with E-state index >= 15 is 0 Å². The second-order valence-corrected chi connectivity index (χ2v) is 3.61. The summed E-state index contributed by atoms with van der Waals surface area (Å²) < 4.78 is 5.33. The van der Waals surface area contributed by atoms with Crippen molar-refractivity contribution in [2.24, 2.45) is 5.73 Å². The third-order valence-electron chi connectivity index (χ3n) is 1.78. The summed E-state index contributed by atoms with van der Waals surface area (Å²) in [5.74, 6) is 1.26. The quantitative estimate of drug-likeness (QED) is 0.804. The average molecular weight is 214 g/mol. The number of rotatable bonds is 3. The summed E-state index contributed by atoms with van der Waals surface area (Å²) in [7, 11) is 0. The van der Waals surface area contributed by atoms with Crippen molar-refractivity contribution in [2.75, 3.05) is 6.54 Å². The van der Waals surface area contributed by atoms with E-state index < -0.39 is 5.60 Å². The molecule has 0 fully saturated rings. The molecule has 0 radical (unpaired) electrons. The Kier molecular flexibility index (Phi) is 5.54. The number of aliphatic hydroxyl groups is 1. The van der Waals surface area contributed by atoms with Crippen LogP contribution in [-0.4, -0.2) is 16.6 Å². The predicted octanol–water partition coefficient (Wildman–Crippen LogP) is 1.74. The summed E-state index contributed by atoms with van der Waals surface area (Å²) in [6.45, 7) is 9.67. The Morgan fingerprint density at radius 1 is 1.40 bits per heavy atom. The van der Waals surface area contributed by atoms with Gasteiger partial charge in [0, 0.05) is 13.0 Å². The maximum Gasteiger partial charge on any atom is 0.195 e. The Bertz CT molecular complexity index is 287. The molecule has 15 heavy (non-hydrogen) atoms. The minimum Gasteiger partial charge on any atom is -0.446 e. The zero-order chi connectivity index (χ0) is 12.1. The van der Waals surface area contributed by atoms with Gasteiger partial charge >= 0.3 is 0 Å². The van der Waals surface area contributed by atoms with E-state index in [1.807, 2.05) is 13.8 Å². The minimum absolute atomic E-state index is 0.505. The van der Waals surface area contributed by atoms with Crippen LogP contribution in [0.1, 0.15) is 45.0 Å². The van der Waals surface area contributed by atoms with Gasteiger partial charge in [0.05, 0.1) is 0 Å². The van der Waals surface area contributed by atoms with Crippen LogP contribution in [0.4, 0.5) is 0 Å². The SMILES string of the molecule is CC.Cc1oc(CCN)nc1C(C)(C)O.